The molecule has 2 fully saturated rings. The molecule has 0 aromatic carbocycles. The van der Waals surface area contributed by atoms with Crippen molar-refractivity contribution >= 4 is 28.4 Å². The van der Waals surface area contributed by atoms with Crippen LogP contribution in [0.5, 0.6) is 0 Å². The first kappa shape index (κ1) is 18.0. The molecule has 0 radical (unpaired) electrons. The maximum atomic E-state index is 12.5. The Morgan fingerprint density at radius 2 is 1.84 bits per heavy atom. The molecule has 1 aromatic rings. The summed E-state index contributed by atoms with van der Waals surface area (Å²) in [5.41, 5.74) is 1.05. The maximum absolute atomic E-state index is 12.5. The molecule has 1 saturated carbocycles. The molecule has 0 spiro atoms. The minimum atomic E-state index is 0.0263. The molecule has 0 bridgehead atoms. The van der Waals surface area contributed by atoms with Crippen LogP contribution in [0.15, 0.2) is 5.38 Å². The Hall–Kier alpha value is -1.83. The molecule has 2 N–H and O–H groups in total. The second-order valence-electron chi connectivity index (χ2n) is 6.86. The van der Waals surface area contributed by atoms with Crippen LogP contribution in [-0.4, -0.2) is 61.1 Å². The van der Waals surface area contributed by atoms with E-state index in [0.717, 1.165) is 62.7 Å². The Morgan fingerprint density at radius 1 is 1.16 bits per heavy atom. The molecule has 0 atom stereocenters. The lowest BCUT2D eigenvalue weighted by Crippen LogP contribution is -2.54. The standard InChI is InChI=1S/C17H27N5O2S/c1-12-11-25-17(19-12)22-9-7-21(8-10-22)16(24)20-14-5-3-13(4-6-14)15(23)18-2/h11,13-14H,3-10H2,1-2H3,(H,18,23)(H,20,24). The summed E-state index contributed by atoms with van der Waals surface area (Å²) in [4.78, 5) is 32.8. The first-order valence-corrected chi connectivity index (χ1v) is 9.89. The Labute approximate surface area is 152 Å². The van der Waals surface area contributed by atoms with E-state index >= 15 is 0 Å². The molecule has 1 saturated heterocycles. The summed E-state index contributed by atoms with van der Waals surface area (Å²) in [7, 11) is 1.68. The van der Waals surface area contributed by atoms with Crippen molar-refractivity contribution in [2.24, 2.45) is 5.92 Å². The smallest absolute Gasteiger partial charge is 0.317 e. The predicted octanol–water partition coefficient (Wildman–Crippen LogP) is 1.59. The molecule has 1 aromatic heterocycles. The van der Waals surface area contributed by atoms with Crippen LogP contribution in [0.2, 0.25) is 0 Å². The number of thiazole rings is 1. The number of rotatable bonds is 3. The van der Waals surface area contributed by atoms with Crippen LogP contribution in [0.1, 0.15) is 31.4 Å². The van der Waals surface area contributed by atoms with E-state index in [1.165, 1.54) is 0 Å². The molecular formula is C17H27N5O2S. The third kappa shape index (κ3) is 4.42. The number of carbonyl (C=O) groups is 2. The van der Waals surface area contributed by atoms with E-state index < -0.39 is 0 Å². The van der Waals surface area contributed by atoms with Crippen LogP contribution in [0.3, 0.4) is 0 Å². The van der Waals surface area contributed by atoms with Crippen molar-refractivity contribution in [1.82, 2.24) is 20.5 Å². The fraction of sp³-hybridized carbons (Fsp3) is 0.706. The Bertz CT molecular complexity index is 604. The van der Waals surface area contributed by atoms with Crippen LogP contribution in [0.25, 0.3) is 0 Å². The van der Waals surface area contributed by atoms with Crippen molar-refractivity contribution in [3.8, 4) is 0 Å². The van der Waals surface area contributed by atoms with Crippen molar-refractivity contribution < 1.29 is 9.59 Å². The van der Waals surface area contributed by atoms with Crippen molar-refractivity contribution in [3.05, 3.63) is 11.1 Å². The summed E-state index contributed by atoms with van der Waals surface area (Å²) < 4.78 is 0. The van der Waals surface area contributed by atoms with Gasteiger partial charge >= 0.3 is 6.03 Å². The Kier molecular flexibility index (Phi) is 5.78. The third-order valence-electron chi connectivity index (χ3n) is 5.12. The molecule has 2 heterocycles. The van der Waals surface area contributed by atoms with Gasteiger partial charge in [0.05, 0.1) is 5.69 Å². The van der Waals surface area contributed by atoms with Gasteiger partial charge in [0.15, 0.2) is 5.13 Å². The number of nitrogens with one attached hydrogen (secondary N) is 2. The summed E-state index contributed by atoms with van der Waals surface area (Å²) in [6.45, 7) is 5.09. The number of aryl methyl sites for hydroxylation is 1. The molecule has 138 valence electrons. The van der Waals surface area contributed by atoms with Gasteiger partial charge in [-0.3, -0.25) is 4.79 Å². The summed E-state index contributed by atoms with van der Waals surface area (Å²) in [5.74, 6) is 0.224. The average Bonchev–Trinajstić information content (AvgIpc) is 3.08. The quantitative estimate of drug-likeness (QED) is 0.853. The molecule has 7 nitrogen and oxygen atoms in total. The number of hydrogen-bond donors (Lipinski definition) is 2. The lowest BCUT2D eigenvalue weighted by molar-refractivity contribution is -0.125. The zero-order chi connectivity index (χ0) is 17.8. The Balaban J connectivity index is 1.42. The highest BCUT2D eigenvalue weighted by molar-refractivity contribution is 7.13. The summed E-state index contributed by atoms with van der Waals surface area (Å²) in [6.07, 6.45) is 3.45. The lowest BCUT2D eigenvalue weighted by atomic mass is 9.85. The zero-order valence-electron chi connectivity index (χ0n) is 15.0. The van der Waals surface area contributed by atoms with E-state index in [9.17, 15) is 9.59 Å². The monoisotopic (exact) mass is 365 g/mol. The van der Waals surface area contributed by atoms with Gasteiger partial charge in [-0.25, -0.2) is 9.78 Å². The maximum Gasteiger partial charge on any atom is 0.317 e. The second kappa shape index (κ2) is 8.03. The number of aromatic nitrogens is 1. The SMILES string of the molecule is CNC(=O)C1CCC(NC(=O)N2CCN(c3nc(C)cs3)CC2)CC1. The van der Waals surface area contributed by atoms with Crippen LogP contribution in [0, 0.1) is 12.8 Å². The van der Waals surface area contributed by atoms with Gasteiger partial charge in [-0.1, -0.05) is 0 Å². The zero-order valence-corrected chi connectivity index (χ0v) is 15.8. The van der Waals surface area contributed by atoms with Gasteiger partial charge in [-0.05, 0) is 32.6 Å². The minimum Gasteiger partial charge on any atom is -0.359 e. The van der Waals surface area contributed by atoms with Crippen molar-refractivity contribution in [2.45, 2.75) is 38.6 Å². The van der Waals surface area contributed by atoms with Crippen molar-refractivity contribution in [3.63, 3.8) is 0 Å². The highest BCUT2D eigenvalue weighted by Crippen LogP contribution is 2.25. The van der Waals surface area contributed by atoms with Gasteiger partial charge in [0.2, 0.25) is 5.91 Å². The molecule has 3 amide bonds. The van der Waals surface area contributed by atoms with Crippen LogP contribution < -0.4 is 15.5 Å². The van der Waals surface area contributed by atoms with E-state index in [2.05, 4.69) is 25.9 Å². The van der Waals surface area contributed by atoms with Gasteiger partial charge in [0.25, 0.3) is 0 Å². The van der Waals surface area contributed by atoms with Gasteiger partial charge in [-0.2, -0.15) is 0 Å². The lowest BCUT2D eigenvalue weighted by Gasteiger charge is -2.36. The highest BCUT2D eigenvalue weighted by atomic mass is 32.1. The number of amides is 3. The molecule has 25 heavy (non-hydrogen) atoms. The molecular weight excluding hydrogens is 338 g/mol. The van der Waals surface area contributed by atoms with Crippen LogP contribution >= 0.6 is 11.3 Å². The van der Waals surface area contributed by atoms with E-state index in [-0.39, 0.29) is 23.9 Å². The number of piperazine rings is 1. The van der Waals surface area contributed by atoms with Crippen molar-refractivity contribution in [1.29, 1.82) is 0 Å². The molecule has 8 heteroatoms. The van der Waals surface area contributed by atoms with Crippen LogP contribution in [-0.2, 0) is 4.79 Å². The minimum absolute atomic E-state index is 0.0263. The molecule has 1 aliphatic heterocycles. The first-order chi connectivity index (χ1) is 12.1. The Morgan fingerprint density at radius 3 is 2.40 bits per heavy atom. The van der Waals surface area contributed by atoms with Crippen LogP contribution in [0.4, 0.5) is 9.93 Å². The average molecular weight is 366 g/mol. The number of urea groups is 1. The topological polar surface area (TPSA) is 77.6 Å². The highest BCUT2D eigenvalue weighted by Gasteiger charge is 2.28. The fourth-order valence-electron chi connectivity index (χ4n) is 3.56. The number of hydrogen-bond acceptors (Lipinski definition) is 5. The van der Waals surface area contributed by atoms with Crippen molar-refractivity contribution in [2.75, 3.05) is 38.1 Å². The molecule has 3 rings (SSSR count). The normalized spacial score (nSPS) is 24.1. The van der Waals surface area contributed by atoms with Gasteiger partial charge in [0, 0.05) is 50.6 Å². The number of carbonyl (C=O) groups excluding carboxylic acids is 2. The molecule has 2 aliphatic rings. The van der Waals surface area contributed by atoms with E-state index in [0.29, 0.717) is 0 Å². The predicted molar refractivity (Wildman–Crippen MR) is 99.0 cm³/mol. The van der Waals surface area contributed by atoms with Gasteiger partial charge in [0.1, 0.15) is 0 Å². The number of anilines is 1. The summed E-state index contributed by atoms with van der Waals surface area (Å²) >= 11 is 1.66. The molecule has 0 unspecified atom stereocenters. The van der Waals surface area contributed by atoms with Gasteiger partial charge < -0.3 is 20.4 Å². The van der Waals surface area contributed by atoms with Gasteiger partial charge in [-0.15, -0.1) is 11.3 Å². The number of nitrogens with zero attached hydrogens (tertiary/aromatic N) is 3. The fourth-order valence-corrected chi connectivity index (χ4v) is 4.41. The van der Waals surface area contributed by atoms with E-state index in [1.807, 2.05) is 11.8 Å². The van der Waals surface area contributed by atoms with E-state index in [1.54, 1.807) is 18.4 Å². The second-order valence-corrected chi connectivity index (χ2v) is 7.69. The third-order valence-corrected chi connectivity index (χ3v) is 6.14. The van der Waals surface area contributed by atoms with E-state index in [4.69, 9.17) is 0 Å². The first-order valence-electron chi connectivity index (χ1n) is 9.01. The largest absolute Gasteiger partial charge is 0.359 e. The summed E-state index contributed by atoms with van der Waals surface area (Å²) in [6, 6.07) is 0.214. The molecule has 1 aliphatic carbocycles. The summed E-state index contributed by atoms with van der Waals surface area (Å²) in [5, 5.41) is 8.97.